The molecule has 0 spiro atoms. The van der Waals surface area contributed by atoms with Crippen LogP contribution >= 0.6 is 22.9 Å². The number of aromatic nitrogens is 1. The molecule has 1 unspecified atom stereocenters. The number of halogens is 1. The van der Waals surface area contributed by atoms with E-state index in [1.807, 2.05) is 48.5 Å². The van der Waals surface area contributed by atoms with Crippen molar-refractivity contribution < 1.29 is 9.59 Å². The van der Waals surface area contributed by atoms with Crippen molar-refractivity contribution in [2.24, 2.45) is 5.92 Å². The lowest BCUT2D eigenvalue weighted by molar-refractivity contribution is -0.121. The molecule has 3 aromatic rings. The molecule has 148 valence electrons. The Hall–Kier alpha value is -2.70. The van der Waals surface area contributed by atoms with E-state index in [1.54, 1.807) is 6.20 Å². The van der Waals surface area contributed by atoms with Crippen LogP contribution in [0, 0.1) is 5.92 Å². The smallest absolute Gasteiger partial charge is 0.227 e. The van der Waals surface area contributed by atoms with Crippen molar-refractivity contribution in [1.29, 1.82) is 0 Å². The molecule has 4 rings (SSSR count). The normalized spacial score (nSPS) is 15.5. The fourth-order valence-electron chi connectivity index (χ4n) is 3.38. The van der Waals surface area contributed by atoms with Crippen molar-refractivity contribution in [3.05, 3.63) is 75.8 Å². The standard InChI is InChI=1S/C22H20ClN3O2S/c23-17-8-5-14(6-9-17)11-18-13-24-22(29-18)26-20(27)10-7-16-12-15-3-1-2-4-19(15)25-21(16)28/h1-6,8-9,13,16H,7,10-12H2,(H,25,28)(H,24,26,27). The van der Waals surface area contributed by atoms with Crippen molar-refractivity contribution in [3.8, 4) is 0 Å². The highest BCUT2D eigenvalue weighted by atomic mass is 35.5. The second kappa shape index (κ2) is 8.76. The second-order valence-corrected chi connectivity index (χ2v) is 8.62. The number of benzene rings is 2. The monoisotopic (exact) mass is 425 g/mol. The maximum absolute atomic E-state index is 12.3. The summed E-state index contributed by atoms with van der Waals surface area (Å²) in [5, 5.41) is 7.06. The molecule has 2 aromatic carbocycles. The van der Waals surface area contributed by atoms with Crippen LogP contribution in [-0.4, -0.2) is 16.8 Å². The van der Waals surface area contributed by atoms with Crippen LogP contribution in [0.2, 0.25) is 5.02 Å². The van der Waals surface area contributed by atoms with E-state index in [-0.39, 0.29) is 24.2 Å². The molecule has 1 aliphatic heterocycles. The Bertz CT molecular complexity index is 1030. The van der Waals surface area contributed by atoms with Gasteiger partial charge in [0.1, 0.15) is 0 Å². The minimum Gasteiger partial charge on any atom is -0.326 e. The minimum atomic E-state index is -0.188. The first-order chi connectivity index (χ1) is 14.1. The van der Waals surface area contributed by atoms with Gasteiger partial charge >= 0.3 is 0 Å². The Balaban J connectivity index is 1.28. The predicted molar refractivity (Wildman–Crippen MR) is 117 cm³/mol. The Labute approximate surface area is 178 Å². The summed E-state index contributed by atoms with van der Waals surface area (Å²) in [4.78, 5) is 29.9. The van der Waals surface area contributed by atoms with Crippen LogP contribution in [0.15, 0.2) is 54.7 Å². The van der Waals surface area contributed by atoms with Crippen molar-refractivity contribution in [2.75, 3.05) is 10.6 Å². The van der Waals surface area contributed by atoms with Gasteiger partial charge in [-0.25, -0.2) is 4.98 Å². The van der Waals surface area contributed by atoms with Gasteiger partial charge in [0.2, 0.25) is 11.8 Å². The van der Waals surface area contributed by atoms with Gasteiger partial charge in [-0.3, -0.25) is 9.59 Å². The van der Waals surface area contributed by atoms with Crippen molar-refractivity contribution in [1.82, 2.24) is 4.98 Å². The number of para-hydroxylation sites is 1. The third-order valence-corrected chi connectivity index (χ3v) is 6.09. The molecule has 29 heavy (non-hydrogen) atoms. The summed E-state index contributed by atoms with van der Waals surface area (Å²) < 4.78 is 0. The van der Waals surface area contributed by atoms with E-state index >= 15 is 0 Å². The number of carbonyl (C=O) groups is 2. The number of amides is 2. The average Bonchev–Trinajstić information content (AvgIpc) is 3.14. The number of nitrogens with zero attached hydrogens (tertiary/aromatic N) is 1. The van der Waals surface area contributed by atoms with Crippen LogP contribution in [-0.2, 0) is 22.4 Å². The van der Waals surface area contributed by atoms with Crippen LogP contribution in [0.4, 0.5) is 10.8 Å². The van der Waals surface area contributed by atoms with E-state index in [9.17, 15) is 9.59 Å². The number of thiazole rings is 1. The highest BCUT2D eigenvalue weighted by Gasteiger charge is 2.26. The zero-order chi connectivity index (χ0) is 20.2. The number of nitrogens with one attached hydrogen (secondary N) is 2. The molecule has 1 aliphatic rings. The highest BCUT2D eigenvalue weighted by Crippen LogP contribution is 2.28. The first kappa shape index (κ1) is 19.6. The number of rotatable bonds is 6. The Morgan fingerprint density at radius 1 is 1.21 bits per heavy atom. The molecule has 2 amide bonds. The molecular formula is C22H20ClN3O2S. The van der Waals surface area contributed by atoms with Crippen molar-refractivity contribution >= 4 is 45.6 Å². The van der Waals surface area contributed by atoms with E-state index in [4.69, 9.17) is 11.6 Å². The number of anilines is 2. The van der Waals surface area contributed by atoms with Gasteiger partial charge in [0.25, 0.3) is 0 Å². The van der Waals surface area contributed by atoms with Crippen LogP contribution in [0.1, 0.15) is 28.8 Å². The summed E-state index contributed by atoms with van der Waals surface area (Å²) in [6, 6.07) is 15.5. The molecule has 0 radical (unpaired) electrons. The zero-order valence-electron chi connectivity index (χ0n) is 15.7. The van der Waals surface area contributed by atoms with Crippen molar-refractivity contribution in [3.63, 3.8) is 0 Å². The fourth-order valence-corrected chi connectivity index (χ4v) is 4.37. The first-order valence-electron chi connectivity index (χ1n) is 9.44. The lowest BCUT2D eigenvalue weighted by atomic mass is 9.89. The summed E-state index contributed by atoms with van der Waals surface area (Å²) in [5.74, 6) is -0.326. The van der Waals surface area contributed by atoms with Crippen LogP contribution in [0.25, 0.3) is 0 Å². The topological polar surface area (TPSA) is 71.1 Å². The number of fused-ring (bicyclic) bond motifs is 1. The molecule has 5 nitrogen and oxygen atoms in total. The number of hydrogen-bond donors (Lipinski definition) is 2. The molecule has 0 saturated heterocycles. The quantitative estimate of drug-likeness (QED) is 0.589. The van der Waals surface area contributed by atoms with Crippen molar-refractivity contribution in [2.45, 2.75) is 25.7 Å². The Morgan fingerprint density at radius 3 is 2.83 bits per heavy atom. The molecule has 1 aromatic heterocycles. The van der Waals surface area contributed by atoms with Crippen LogP contribution in [0.3, 0.4) is 0 Å². The van der Waals surface area contributed by atoms with Gasteiger partial charge in [0.05, 0.1) is 0 Å². The van der Waals surface area contributed by atoms with Gasteiger partial charge in [0, 0.05) is 40.5 Å². The second-order valence-electron chi connectivity index (χ2n) is 7.07. The van der Waals surface area contributed by atoms with Gasteiger partial charge in [-0.05, 0) is 42.2 Å². The lowest BCUT2D eigenvalue weighted by Gasteiger charge is -2.24. The molecular weight excluding hydrogens is 406 g/mol. The van der Waals surface area contributed by atoms with E-state index in [1.165, 1.54) is 11.3 Å². The van der Waals surface area contributed by atoms with Crippen LogP contribution in [0.5, 0.6) is 0 Å². The van der Waals surface area contributed by atoms with E-state index < -0.39 is 0 Å². The molecule has 0 bridgehead atoms. The highest BCUT2D eigenvalue weighted by molar-refractivity contribution is 7.15. The molecule has 7 heteroatoms. The fraction of sp³-hybridized carbons (Fsp3) is 0.227. The summed E-state index contributed by atoms with van der Waals surface area (Å²) in [6.07, 6.45) is 3.98. The van der Waals surface area contributed by atoms with Crippen LogP contribution < -0.4 is 10.6 Å². The lowest BCUT2D eigenvalue weighted by Crippen LogP contribution is -2.30. The maximum Gasteiger partial charge on any atom is 0.227 e. The van der Waals surface area contributed by atoms with Gasteiger partial charge < -0.3 is 10.6 Å². The Morgan fingerprint density at radius 2 is 2.00 bits per heavy atom. The maximum atomic E-state index is 12.3. The first-order valence-corrected chi connectivity index (χ1v) is 10.6. The predicted octanol–water partition coefficient (Wildman–Crippen LogP) is 4.92. The summed E-state index contributed by atoms with van der Waals surface area (Å²) >= 11 is 7.37. The van der Waals surface area contributed by atoms with E-state index in [2.05, 4.69) is 15.6 Å². The van der Waals surface area contributed by atoms with Gasteiger partial charge in [0.15, 0.2) is 5.13 Å². The molecule has 0 saturated carbocycles. The third-order valence-electron chi connectivity index (χ3n) is 4.92. The summed E-state index contributed by atoms with van der Waals surface area (Å²) in [6.45, 7) is 0. The minimum absolute atomic E-state index is 0.0176. The molecule has 0 fully saturated rings. The zero-order valence-corrected chi connectivity index (χ0v) is 17.2. The van der Waals surface area contributed by atoms with Gasteiger partial charge in [-0.1, -0.05) is 41.9 Å². The molecule has 2 N–H and O–H groups in total. The molecule has 1 atom stereocenters. The largest absolute Gasteiger partial charge is 0.326 e. The molecule has 0 aliphatic carbocycles. The molecule has 2 heterocycles. The third kappa shape index (κ3) is 5.02. The van der Waals surface area contributed by atoms with E-state index in [0.29, 0.717) is 23.0 Å². The summed E-state index contributed by atoms with van der Waals surface area (Å²) in [7, 11) is 0. The van der Waals surface area contributed by atoms with Gasteiger partial charge in [-0.15, -0.1) is 11.3 Å². The van der Waals surface area contributed by atoms with Gasteiger partial charge in [-0.2, -0.15) is 0 Å². The number of hydrogen-bond acceptors (Lipinski definition) is 4. The average molecular weight is 426 g/mol. The van der Waals surface area contributed by atoms with E-state index in [0.717, 1.165) is 28.1 Å². The SMILES string of the molecule is O=C(CCC1Cc2ccccc2NC1=O)Nc1ncc(Cc2ccc(Cl)cc2)s1. The number of carbonyl (C=O) groups excluding carboxylic acids is 2. The summed E-state index contributed by atoms with van der Waals surface area (Å²) in [5.41, 5.74) is 3.12. The Kier molecular flexibility index (Phi) is 5.92.